The van der Waals surface area contributed by atoms with Gasteiger partial charge in [0.15, 0.2) is 11.6 Å². The Morgan fingerprint density at radius 1 is 1.48 bits per heavy atom. The Labute approximate surface area is 137 Å². The van der Waals surface area contributed by atoms with Crippen molar-refractivity contribution in [3.8, 4) is 11.5 Å². The van der Waals surface area contributed by atoms with Crippen molar-refractivity contribution in [2.75, 3.05) is 12.3 Å². The van der Waals surface area contributed by atoms with Gasteiger partial charge in [0, 0.05) is 10.8 Å². The third kappa shape index (κ3) is 2.89. The summed E-state index contributed by atoms with van der Waals surface area (Å²) in [5.74, 6) is 0.348. The lowest BCUT2D eigenvalue weighted by atomic mass is 10.2. The molecule has 1 aromatic carbocycles. The molecule has 0 atom stereocenters. The maximum absolute atomic E-state index is 12.0. The molecule has 0 fully saturated rings. The van der Waals surface area contributed by atoms with Gasteiger partial charge in [-0.25, -0.2) is 15.0 Å². The number of carbonyl (C=O) groups excluding carboxylic acids is 1. The number of nitrogens with zero attached hydrogens (tertiary/aromatic N) is 3. The summed E-state index contributed by atoms with van der Waals surface area (Å²) in [7, 11) is 0. The van der Waals surface area contributed by atoms with Gasteiger partial charge in [0.05, 0.1) is 17.2 Å². The summed E-state index contributed by atoms with van der Waals surface area (Å²) in [5, 5.41) is 2.65. The van der Waals surface area contributed by atoms with E-state index in [2.05, 4.69) is 31.8 Å². The average molecular weight is 314 g/mol. The Bertz CT molecular complexity index is 912. The first-order valence-corrected chi connectivity index (χ1v) is 7.07. The van der Waals surface area contributed by atoms with E-state index in [0.717, 1.165) is 16.6 Å². The van der Waals surface area contributed by atoms with Crippen LogP contribution in [-0.4, -0.2) is 32.4 Å². The molecule has 122 valence electrons. The second-order valence-electron chi connectivity index (χ2n) is 5.09. The molecule has 2 heterocycles. The summed E-state index contributed by atoms with van der Waals surface area (Å²) in [6, 6.07) is 5.87. The van der Waals surface area contributed by atoms with E-state index < -0.39 is 0 Å². The quantitative estimate of drug-likeness (QED) is 0.641. The molecule has 7 nitrogen and oxygen atoms in total. The Kier molecular flexibility index (Phi) is 3.76. The molecule has 0 aliphatic carbocycles. The lowest BCUT2D eigenvalue weighted by Gasteiger charge is -2.05. The van der Waals surface area contributed by atoms with Crippen molar-refractivity contribution in [3.63, 3.8) is 0 Å². The van der Waals surface area contributed by atoms with Crippen molar-refractivity contribution < 1.29 is 9.07 Å². The van der Waals surface area contributed by atoms with Crippen LogP contribution in [0.4, 0.5) is 5.82 Å². The van der Waals surface area contributed by atoms with Gasteiger partial charge in [-0.3, -0.25) is 4.79 Å². The van der Waals surface area contributed by atoms with Gasteiger partial charge in [-0.2, -0.15) is 0 Å². The minimum Gasteiger partial charge on any atom is -0.382 e. The van der Waals surface area contributed by atoms with Gasteiger partial charge in [-0.1, -0.05) is 12.1 Å². The minimum atomic E-state index is -0.342. The summed E-state index contributed by atoms with van der Waals surface area (Å²) in [4.78, 5) is 27.9. The van der Waals surface area contributed by atoms with Crippen LogP contribution in [0.1, 0.15) is 20.3 Å². The molecule has 2 aromatic heterocycles. The lowest BCUT2D eigenvalue weighted by molar-refractivity contribution is 0.0953. The van der Waals surface area contributed by atoms with E-state index in [0.29, 0.717) is 18.1 Å². The van der Waals surface area contributed by atoms with E-state index in [1.165, 1.54) is 6.20 Å². The number of amides is 1. The van der Waals surface area contributed by atoms with Crippen molar-refractivity contribution in [3.05, 3.63) is 48.3 Å². The smallest absolute Gasteiger partial charge is 0.271 e. The number of nitrogen functional groups attached to an aromatic ring is 1. The first kappa shape index (κ1) is 14.7. The van der Waals surface area contributed by atoms with Gasteiger partial charge in [0.25, 0.3) is 5.91 Å². The van der Waals surface area contributed by atoms with E-state index in [9.17, 15) is 4.79 Å². The minimum absolute atomic E-state index is 0. The van der Waals surface area contributed by atoms with Crippen LogP contribution in [0.15, 0.2) is 37.1 Å². The molecule has 0 aliphatic heterocycles. The molecule has 0 bridgehead atoms. The molecular formula is C16H22N6O. The molecule has 7 heteroatoms. The van der Waals surface area contributed by atoms with Crippen molar-refractivity contribution in [1.82, 2.24) is 25.3 Å². The second-order valence-corrected chi connectivity index (χ2v) is 5.09. The van der Waals surface area contributed by atoms with Gasteiger partial charge in [0.2, 0.25) is 0 Å². The SMILES string of the molecule is C=CCNC(=O)c1cnc(N)c(-c2nc3ccc(C)cc3[nH]2)n1.[HH].[HH].[HH]. The number of H-pyrrole nitrogens is 1. The van der Waals surface area contributed by atoms with E-state index in [1.54, 1.807) is 6.08 Å². The zero-order valence-corrected chi connectivity index (χ0v) is 12.6. The summed E-state index contributed by atoms with van der Waals surface area (Å²) in [6.45, 7) is 5.90. The van der Waals surface area contributed by atoms with Crippen molar-refractivity contribution in [2.24, 2.45) is 0 Å². The summed E-state index contributed by atoms with van der Waals surface area (Å²) >= 11 is 0. The number of hydrogen-bond donors (Lipinski definition) is 3. The highest BCUT2D eigenvalue weighted by Gasteiger charge is 2.15. The Balaban J connectivity index is 0.00000208. The normalized spacial score (nSPS) is 10.7. The predicted molar refractivity (Wildman–Crippen MR) is 95.1 cm³/mol. The van der Waals surface area contributed by atoms with Gasteiger partial charge in [-0.15, -0.1) is 6.58 Å². The van der Waals surface area contributed by atoms with E-state index in [4.69, 9.17) is 5.73 Å². The number of fused-ring (bicyclic) bond motifs is 1. The number of benzene rings is 1. The molecule has 0 aliphatic rings. The van der Waals surface area contributed by atoms with Gasteiger partial charge < -0.3 is 16.0 Å². The van der Waals surface area contributed by atoms with Crippen molar-refractivity contribution in [2.45, 2.75) is 6.92 Å². The van der Waals surface area contributed by atoms with Crippen LogP contribution in [0.5, 0.6) is 0 Å². The fourth-order valence-corrected chi connectivity index (χ4v) is 2.17. The molecule has 0 spiro atoms. The number of rotatable bonds is 4. The van der Waals surface area contributed by atoms with Gasteiger partial charge in [-0.05, 0) is 24.6 Å². The topological polar surface area (TPSA) is 110 Å². The standard InChI is InChI=1S/C16H16N6O.3H2/c1-3-6-18-16(23)12-8-19-14(17)13(20-12)15-21-10-5-4-9(2)7-11(10)22-15;;;/h3-5,7-8H,1,6H2,2H3,(H2,17,19)(H,18,23)(H,21,22);3*1H. The van der Waals surface area contributed by atoms with Crippen LogP contribution < -0.4 is 11.1 Å². The first-order valence-electron chi connectivity index (χ1n) is 7.07. The Hall–Kier alpha value is -3.22. The van der Waals surface area contributed by atoms with E-state index in [-0.39, 0.29) is 21.7 Å². The van der Waals surface area contributed by atoms with Crippen LogP contribution in [0, 0.1) is 6.92 Å². The number of aryl methyl sites for hydroxylation is 1. The van der Waals surface area contributed by atoms with Gasteiger partial charge in [0.1, 0.15) is 11.4 Å². The molecule has 4 N–H and O–H groups in total. The molecule has 0 unspecified atom stereocenters. The monoisotopic (exact) mass is 314 g/mol. The highest BCUT2D eigenvalue weighted by molar-refractivity contribution is 5.93. The number of imidazole rings is 1. The number of aromatic amines is 1. The fraction of sp³-hybridized carbons (Fsp3) is 0.125. The molecule has 3 rings (SSSR count). The predicted octanol–water partition coefficient (Wildman–Crippen LogP) is 2.56. The largest absolute Gasteiger partial charge is 0.382 e. The number of aromatic nitrogens is 4. The van der Waals surface area contributed by atoms with E-state index in [1.807, 2.05) is 25.1 Å². The molecule has 1 amide bonds. The second kappa shape index (κ2) is 5.88. The number of anilines is 1. The highest BCUT2D eigenvalue weighted by atomic mass is 16.1. The third-order valence-corrected chi connectivity index (χ3v) is 3.30. The molecule has 23 heavy (non-hydrogen) atoms. The zero-order valence-electron chi connectivity index (χ0n) is 12.6. The average Bonchev–Trinajstić information content (AvgIpc) is 2.95. The van der Waals surface area contributed by atoms with Crippen LogP contribution >= 0.6 is 0 Å². The number of carbonyl (C=O) groups is 1. The lowest BCUT2D eigenvalue weighted by Crippen LogP contribution is -2.24. The molecule has 3 aromatic rings. The van der Waals surface area contributed by atoms with Crippen LogP contribution in [0.25, 0.3) is 22.6 Å². The Morgan fingerprint density at radius 3 is 3.09 bits per heavy atom. The summed E-state index contributed by atoms with van der Waals surface area (Å²) in [6.07, 6.45) is 2.93. The highest BCUT2D eigenvalue weighted by Crippen LogP contribution is 2.23. The van der Waals surface area contributed by atoms with Gasteiger partial charge >= 0.3 is 0 Å². The third-order valence-electron chi connectivity index (χ3n) is 3.30. The number of nitrogens with one attached hydrogen (secondary N) is 2. The molecule has 0 saturated heterocycles. The molecule has 0 saturated carbocycles. The molecule has 0 radical (unpaired) electrons. The Morgan fingerprint density at radius 2 is 2.30 bits per heavy atom. The maximum Gasteiger partial charge on any atom is 0.271 e. The maximum atomic E-state index is 12.0. The summed E-state index contributed by atoms with van der Waals surface area (Å²) < 4.78 is 0. The van der Waals surface area contributed by atoms with E-state index >= 15 is 0 Å². The summed E-state index contributed by atoms with van der Waals surface area (Å²) in [5.41, 5.74) is 9.21. The zero-order chi connectivity index (χ0) is 16.4. The fourth-order valence-electron chi connectivity index (χ4n) is 2.17. The van der Waals surface area contributed by atoms with Crippen molar-refractivity contribution in [1.29, 1.82) is 0 Å². The van der Waals surface area contributed by atoms with Crippen LogP contribution in [-0.2, 0) is 0 Å². The number of hydrogen-bond acceptors (Lipinski definition) is 5. The van der Waals surface area contributed by atoms with Crippen LogP contribution in [0.2, 0.25) is 0 Å². The first-order chi connectivity index (χ1) is 11.1. The van der Waals surface area contributed by atoms with Crippen LogP contribution in [0.3, 0.4) is 0 Å². The number of nitrogens with two attached hydrogens (primary N) is 1. The molecular weight excluding hydrogens is 292 g/mol. The van der Waals surface area contributed by atoms with Crippen molar-refractivity contribution >= 4 is 22.8 Å².